The Bertz CT molecular complexity index is 1400. The first-order valence-electron chi connectivity index (χ1n) is 13.3. The number of benzene rings is 2. The third kappa shape index (κ3) is 6.49. The molecule has 200 valence electrons. The Hall–Kier alpha value is -3.94. The van der Waals surface area contributed by atoms with Crippen molar-refractivity contribution in [2.75, 3.05) is 26.8 Å². The zero-order chi connectivity index (χ0) is 26.3. The molecule has 8 heteroatoms. The van der Waals surface area contributed by atoms with Crippen molar-refractivity contribution in [3.8, 4) is 11.5 Å². The molecule has 0 bridgehead atoms. The first-order chi connectivity index (χ1) is 18.6. The molecule has 5 rings (SSSR count). The van der Waals surface area contributed by atoms with Crippen molar-refractivity contribution in [3.63, 3.8) is 0 Å². The van der Waals surface area contributed by atoms with Crippen LogP contribution in [0.4, 0.5) is 0 Å². The maximum atomic E-state index is 11.9. The Morgan fingerprint density at radius 2 is 1.47 bits per heavy atom. The summed E-state index contributed by atoms with van der Waals surface area (Å²) in [6, 6.07) is 11.6. The van der Waals surface area contributed by atoms with Crippen molar-refractivity contribution < 1.29 is 27.9 Å². The van der Waals surface area contributed by atoms with Gasteiger partial charge in [0.05, 0.1) is 25.7 Å². The summed E-state index contributed by atoms with van der Waals surface area (Å²) in [4.78, 5) is 23.3. The zero-order valence-corrected chi connectivity index (χ0v) is 21.7. The van der Waals surface area contributed by atoms with Crippen molar-refractivity contribution in [2.24, 2.45) is 5.92 Å². The van der Waals surface area contributed by atoms with E-state index in [1.807, 2.05) is 36.4 Å². The molecule has 0 radical (unpaired) electrons. The van der Waals surface area contributed by atoms with E-state index in [2.05, 4.69) is 10.6 Å². The summed E-state index contributed by atoms with van der Waals surface area (Å²) in [5.41, 5.74) is 3.77. The van der Waals surface area contributed by atoms with Gasteiger partial charge in [-0.3, -0.25) is 9.59 Å². The first kappa shape index (κ1) is 25.7. The summed E-state index contributed by atoms with van der Waals surface area (Å²) in [5.74, 6) is 1.99. The lowest BCUT2D eigenvalue weighted by molar-refractivity contribution is -0.122. The van der Waals surface area contributed by atoms with E-state index in [4.69, 9.17) is 18.3 Å². The van der Waals surface area contributed by atoms with Crippen LogP contribution in [-0.2, 0) is 22.4 Å². The van der Waals surface area contributed by atoms with E-state index >= 15 is 0 Å². The van der Waals surface area contributed by atoms with Gasteiger partial charge < -0.3 is 28.9 Å². The van der Waals surface area contributed by atoms with E-state index < -0.39 is 0 Å². The first-order valence-corrected chi connectivity index (χ1v) is 13.3. The number of rotatable bonds is 14. The van der Waals surface area contributed by atoms with Gasteiger partial charge in [-0.2, -0.15) is 0 Å². The van der Waals surface area contributed by atoms with Crippen LogP contribution in [0.1, 0.15) is 43.2 Å². The summed E-state index contributed by atoms with van der Waals surface area (Å²) in [7, 11) is 1.65. The minimum Gasteiger partial charge on any atom is -0.493 e. The van der Waals surface area contributed by atoms with Crippen LogP contribution in [0.25, 0.3) is 21.9 Å². The molecule has 0 unspecified atom stereocenters. The highest BCUT2D eigenvalue weighted by Gasteiger charge is 2.29. The minimum atomic E-state index is 0.0447. The summed E-state index contributed by atoms with van der Waals surface area (Å²) in [5, 5.41) is 7.69. The Morgan fingerprint density at radius 1 is 0.868 bits per heavy atom. The molecule has 0 spiro atoms. The molecule has 2 heterocycles. The second-order valence-electron chi connectivity index (χ2n) is 9.73. The monoisotopic (exact) mass is 518 g/mol. The molecule has 0 atom stereocenters. The third-order valence-corrected chi connectivity index (χ3v) is 6.85. The molecule has 1 aliphatic rings. The van der Waals surface area contributed by atoms with Crippen molar-refractivity contribution in [2.45, 2.75) is 44.9 Å². The van der Waals surface area contributed by atoms with E-state index in [0.29, 0.717) is 26.2 Å². The number of ether oxygens (including phenoxy) is 2. The average Bonchev–Trinajstić information content (AvgIpc) is 3.61. The predicted molar refractivity (Wildman–Crippen MR) is 144 cm³/mol. The van der Waals surface area contributed by atoms with Crippen LogP contribution < -0.4 is 20.1 Å². The van der Waals surface area contributed by atoms with Crippen LogP contribution in [0.5, 0.6) is 11.5 Å². The molecule has 2 aromatic heterocycles. The Balaban J connectivity index is 1.08. The van der Waals surface area contributed by atoms with Gasteiger partial charge in [-0.05, 0) is 74.1 Å². The highest BCUT2D eigenvalue weighted by atomic mass is 16.5. The molecule has 4 aromatic rings. The van der Waals surface area contributed by atoms with Gasteiger partial charge in [0, 0.05) is 48.7 Å². The Morgan fingerprint density at radius 3 is 2.05 bits per heavy atom. The summed E-state index contributed by atoms with van der Waals surface area (Å²) in [6.07, 6.45) is 9.02. The van der Waals surface area contributed by atoms with E-state index in [0.717, 1.165) is 83.1 Å². The second kappa shape index (κ2) is 12.1. The van der Waals surface area contributed by atoms with E-state index in [-0.39, 0.29) is 17.7 Å². The van der Waals surface area contributed by atoms with E-state index in [1.54, 1.807) is 19.6 Å². The smallest absolute Gasteiger partial charge is 0.223 e. The van der Waals surface area contributed by atoms with Crippen LogP contribution in [0.15, 0.2) is 57.8 Å². The van der Waals surface area contributed by atoms with Crippen molar-refractivity contribution in [1.82, 2.24) is 10.6 Å². The highest BCUT2D eigenvalue weighted by molar-refractivity contribution is 5.84. The summed E-state index contributed by atoms with van der Waals surface area (Å²) in [6.45, 7) is 1.65. The number of hydrogen-bond donors (Lipinski definition) is 2. The number of amides is 2. The average molecular weight is 519 g/mol. The van der Waals surface area contributed by atoms with Crippen LogP contribution in [0.3, 0.4) is 0 Å². The maximum Gasteiger partial charge on any atom is 0.223 e. The van der Waals surface area contributed by atoms with Crippen LogP contribution in [0, 0.1) is 5.92 Å². The number of furan rings is 2. The maximum absolute atomic E-state index is 11.9. The van der Waals surface area contributed by atoms with Gasteiger partial charge in [0.1, 0.15) is 22.7 Å². The molecule has 1 saturated carbocycles. The molecule has 2 amide bonds. The van der Waals surface area contributed by atoms with E-state index in [1.165, 1.54) is 0 Å². The van der Waals surface area contributed by atoms with Crippen molar-refractivity contribution >= 4 is 33.8 Å². The molecule has 2 aromatic carbocycles. The molecule has 8 nitrogen and oxygen atoms in total. The van der Waals surface area contributed by atoms with Gasteiger partial charge in [-0.1, -0.05) is 0 Å². The van der Waals surface area contributed by atoms with Gasteiger partial charge in [-0.25, -0.2) is 0 Å². The quantitative estimate of drug-likeness (QED) is 0.224. The van der Waals surface area contributed by atoms with Gasteiger partial charge in [0.2, 0.25) is 11.8 Å². The lowest BCUT2D eigenvalue weighted by Crippen LogP contribution is -2.26. The fraction of sp³-hybridized carbons (Fsp3) is 0.400. The molecular weight excluding hydrogens is 484 g/mol. The molecular formula is C30H34N2O6. The van der Waals surface area contributed by atoms with Crippen molar-refractivity contribution in [3.05, 3.63) is 60.1 Å². The highest BCUT2D eigenvalue weighted by Crippen LogP contribution is 2.30. The fourth-order valence-corrected chi connectivity index (χ4v) is 4.50. The second-order valence-corrected chi connectivity index (χ2v) is 9.73. The van der Waals surface area contributed by atoms with Gasteiger partial charge in [-0.15, -0.1) is 0 Å². The van der Waals surface area contributed by atoms with Gasteiger partial charge >= 0.3 is 0 Å². The largest absolute Gasteiger partial charge is 0.493 e. The normalized spacial score (nSPS) is 13.1. The number of aryl methyl sites for hydroxylation is 1. The van der Waals surface area contributed by atoms with E-state index in [9.17, 15) is 9.59 Å². The molecule has 0 aliphatic heterocycles. The summed E-state index contributed by atoms with van der Waals surface area (Å²) < 4.78 is 23.3. The van der Waals surface area contributed by atoms with Gasteiger partial charge in [0.25, 0.3) is 0 Å². The molecule has 0 saturated heterocycles. The number of carbonyl (C=O) groups excluding carboxylic acids is 2. The number of hydrogen-bond acceptors (Lipinski definition) is 6. The number of fused-ring (bicyclic) bond motifs is 2. The SMILES string of the molecule is CNC(=O)CCCc1coc2ccc(OCCCOc3ccc4occ(CCNC(=O)C5CC5)c4c3)cc12. The van der Waals surface area contributed by atoms with Crippen molar-refractivity contribution in [1.29, 1.82) is 0 Å². The fourth-order valence-electron chi connectivity index (χ4n) is 4.50. The van der Waals surface area contributed by atoms with Gasteiger partial charge in [0.15, 0.2) is 0 Å². The van der Waals surface area contributed by atoms with Crippen LogP contribution in [-0.4, -0.2) is 38.6 Å². The number of carbonyl (C=O) groups is 2. The standard InChI is InChI=1S/C30H34N2O6/c1-31-29(33)5-2-4-21-18-37-27-10-8-23(16-25(21)27)35-14-3-15-36-24-9-11-28-26(17-24)22(19-38-28)12-13-32-30(34)20-6-7-20/h8-11,16-20H,2-7,12-15H2,1H3,(H,31,33)(H,32,34). The predicted octanol–water partition coefficient (Wildman–Crippen LogP) is 5.16. The number of nitrogens with one attached hydrogen (secondary N) is 2. The zero-order valence-electron chi connectivity index (χ0n) is 21.7. The minimum absolute atomic E-state index is 0.0447. The Labute approximate surface area is 221 Å². The lowest BCUT2D eigenvalue weighted by atomic mass is 10.1. The third-order valence-electron chi connectivity index (χ3n) is 6.85. The topological polar surface area (TPSA) is 103 Å². The molecule has 1 aliphatic carbocycles. The van der Waals surface area contributed by atoms with Crippen LogP contribution >= 0.6 is 0 Å². The van der Waals surface area contributed by atoms with Crippen LogP contribution in [0.2, 0.25) is 0 Å². The molecule has 38 heavy (non-hydrogen) atoms. The molecule has 1 fully saturated rings. The lowest BCUT2D eigenvalue weighted by Gasteiger charge is -2.09. The molecule has 2 N–H and O–H groups in total. The summed E-state index contributed by atoms with van der Waals surface area (Å²) >= 11 is 0. The Kier molecular flexibility index (Phi) is 8.16.